The third-order valence-electron chi connectivity index (χ3n) is 4.09. The normalized spacial score (nSPS) is 20.9. The number of carbonyl (C=O) groups is 3. The van der Waals surface area contributed by atoms with Crippen molar-refractivity contribution in [3.05, 3.63) is 29.6 Å². The Hall–Kier alpha value is -2.24. The molecule has 20 heavy (non-hydrogen) atoms. The molecule has 2 fully saturated rings. The van der Waals surface area contributed by atoms with Crippen molar-refractivity contribution < 1.29 is 18.8 Å². The van der Waals surface area contributed by atoms with Crippen LogP contribution in [0.15, 0.2) is 18.2 Å². The first-order valence-electron chi connectivity index (χ1n) is 6.42. The Morgan fingerprint density at radius 2 is 1.95 bits per heavy atom. The van der Waals surface area contributed by atoms with Crippen molar-refractivity contribution in [2.45, 2.75) is 26.2 Å². The van der Waals surface area contributed by atoms with E-state index < -0.39 is 29.1 Å². The Kier molecular flexibility index (Phi) is 2.64. The minimum absolute atomic E-state index is 0.186. The molecule has 104 valence electrons. The highest BCUT2D eigenvalue weighted by molar-refractivity contribution is 6.30. The number of anilines is 1. The van der Waals surface area contributed by atoms with Gasteiger partial charge in [0, 0.05) is 0 Å². The van der Waals surface area contributed by atoms with Crippen molar-refractivity contribution in [1.82, 2.24) is 5.32 Å². The summed E-state index contributed by atoms with van der Waals surface area (Å²) < 4.78 is 13.4. The molecule has 3 rings (SSSR count). The summed E-state index contributed by atoms with van der Waals surface area (Å²) in [6, 6.07) is 3.07. The van der Waals surface area contributed by atoms with E-state index in [4.69, 9.17) is 0 Å². The van der Waals surface area contributed by atoms with Crippen LogP contribution in [0.4, 0.5) is 14.9 Å². The fourth-order valence-electron chi connectivity index (χ4n) is 2.69. The maximum atomic E-state index is 13.4. The lowest BCUT2D eigenvalue weighted by atomic mass is 9.66. The van der Waals surface area contributed by atoms with Gasteiger partial charge in [-0.1, -0.05) is 12.5 Å². The predicted molar refractivity (Wildman–Crippen MR) is 68.4 cm³/mol. The van der Waals surface area contributed by atoms with Crippen LogP contribution in [0.3, 0.4) is 0 Å². The minimum Gasteiger partial charge on any atom is -0.276 e. The van der Waals surface area contributed by atoms with Crippen molar-refractivity contribution in [2.75, 3.05) is 4.90 Å². The Bertz CT molecular complexity index is 637. The highest BCUT2D eigenvalue weighted by Crippen LogP contribution is 2.45. The van der Waals surface area contributed by atoms with Gasteiger partial charge in [0.1, 0.15) is 11.2 Å². The number of carbonyl (C=O) groups excluding carboxylic acids is 3. The number of benzene rings is 1. The number of nitrogens with one attached hydrogen (secondary N) is 1. The van der Waals surface area contributed by atoms with E-state index in [2.05, 4.69) is 5.32 Å². The first kappa shape index (κ1) is 12.8. The van der Waals surface area contributed by atoms with Crippen molar-refractivity contribution in [3.63, 3.8) is 0 Å². The topological polar surface area (TPSA) is 66.5 Å². The van der Waals surface area contributed by atoms with Gasteiger partial charge in [-0.15, -0.1) is 0 Å². The number of aryl methyl sites for hydroxylation is 1. The second-order valence-corrected chi connectivity index (χ2v) is 5.27. The molecule has 0 radical (unpaired) electrons. The molecule has 0 aromatic heterocycles. The molecule has 1 aliphatic heterocycles. The first-order chi connectivity index (χ1) is 9.45. The summed E-state index contributed by atoms with van der Waals surface area (Å²) in [4.78, 5) is 37.3. The van der Waals surface area contributed by atoms with Gasteiger partial charge >= 0.3 is 6.03 Å². The number of barbiturate groups is 1. The van der Waals surface area contributed by atoms with Gasteiger partial charge in [0.2, 0.25) is 5.91 Å². The number of amides is 4. The molecule has 5 nitrogen and oxygen atoms in total. The van der Waals surface area contributed by atoms with E-state index in [1.807, 2.05) is 0 Å². The molecule has 1 heterocycles. The molecule has 2 aliphatic rings. The Morgan fingerprint density at radius 3 is 2.55 bits per heavy atom. The summed E-state index contributed by atoms with van der Waals surface area (Å²) in [7, 11) is 0. The maximum absolute atomic E-state index is 13.4. The molecule has 1 saturated carbocycles. The zero-order chi connectivity index (χ0) is 14.5. The van der Waals surface area contributed by atoms with E-state index in [1.165, 1.54) is 12.1 Å². The van der Waals surface area contributed by atoms with E-state index in [0.717, 1.165) is 17.4 Å². The largest absolute Gasteiger partial charge is 0.335 e. The SMILES string of the molecule is Cc1ccc(F)cc1N1C(=O)NC(=O)C2(CCC2)C1=O. The zero-order valence-electron chi connectivity index (χ0n) is 10.9. The summed E-state index contributed by atoms with van der Waals surface area (Å²) in [5.41, 5.74) is -0.364. The lowest BCUT2D eigenvalue weighted by Crippen LogP contribution is -2.66. The second kappa shape index (κ2) is 4.13. The average Bonchev–Trinajstić information content (AvgIpc) is 2.31. The van der Waals surface area contributed by atoms with E-state index in [-0.39, 0.29) is 5.69 Å². The van der Waals surface area contributed by atoms with Gasteiger partial charge in [0.25, 0.3) is 5.91 Å². The smallest absolute Gasteiger partial charge is 0.276 e. The number of rotatable bonds is 1. The van der Waals surface area contributed by atoms with Crippen LogP contribution in [0, 0.1) is 18.2 Å². The maximum Gasteiger partial charge on any atom is 0.335 e. The van der Waals surface area contributed by atoms with E-state index in [1.54, 1.807) is 6.92 Å². The molecule has 4 amide bonds. The number of nitrogens with zero attached hydrogens (tertiary/aromatic N) is 1. The van der Waals surface area contributed by atoms with E-state index in [9.17, 15) is 18.8 Å². The number of urea groups is 1. The molecule has 1 saturated heterocycles. The molecule has 1 spiro atoms. The molecule has 0 bridgehead atoms. The van der Waals surface area contributed by atoms with Crippen LogP contribution in [0.2, 0.25) is 0 Å². The summed E-state index contributed by atoms with van der Waals surface area (Å²) in [6.07, 6.45) is 1.62. The lowest BCUT2D eigenvalue weighted by molar-refractivity contribution is -0.148. The van der Waals surface area contributed by atoms with Gasteiger partial charge in [0.05, 0.1) is 5.69 Å². The average molecular weight is 276 g/mol. The molecule has 1 aromatic carbocycles. The third kappa shape index (κ3) is 1.57. The standard InChI is InChI=1S/C14H13FN2O3/c1-8-3-4-9(15)7-10(8)17-12(19)14(5-2-6-14)11(18)16-13(17)20/h3-4,7H,2,5-6H2,1H3,(H,16,18,20). The van der Waals surface area contributed by atoms with Gasteiger partial charge in [-0.3, -0.25) is 14.9 Å². The Morgan fingerprint density at radius 1 is 1.25 bits per heavy atom. The second-order valence-electron chi connectivity index (χ2n) is 5.27. The fraction of sp³-hybridized carbons (Fsp3) is 0.357. The molecule has 0 atom stereocenters. The fourth-order valence-corrected chi connectivity index (χ4v) is 2.69. The molecule has 1 aliphatic carbocycles. The van der Waals surface area contributed by atoms with Gasteiger partial charge in [-0.05, 0) is 37.5 Å². The first-order valence-corrected chi connectivity index (χ1v) is 6.42. The van der Waals surface area contributed by atoms with Gasteiger partial charge < -0.3 is 0 Å². The van der Waals surface area contributed by atoms with Crippen molar-refractivity contribution in [1.29, 1.82) is 0 Å². The quantitative estimate of drug-likeness (QED) is 0.796. The van der Waals surface area contributed by atoms with Crippen LogP contribution in [-0.2, 0) is 9.59 Å². The van der Waals surface area contributed by atoms with Crippen molar-refractivity contribution in [3.8, 4) is 0 Å². The predicted octanol–water partition coefficient (Wildman–Crippen LogP) is 1.89. The van der Waals surface area contributed by atoms with Crippen LogP contribution in [0.25, 0.3) is 0 Å². The van der Waals surface area contributed by atoms with Gasteiger partial charge in [-0.2, -0.15) is 0 Å². The zero-order valence-corrected chi connectivity index (χ0v) is 10.9. The monoisotopic (exact) mass is 276 g/mol. The summed E-state index contributed by atoms with van der Waals surface area (Å²) >= 11 is 0. The van der Waals surface area contributed by atoms with Gasteiger partial charge in [-0.25, -0.2) is 14.1 Å². The van der Waals surface area contributed by atoms with Crippen LogP contribution in [0.1, 0.15) is 24.8 Å². The molecule has 1 N–H and O–H groups in total. The van der Waals surface area contributed by atoms with Gasteiger partial charge in [0.15, 0.2) is 0 Å². The molecule has 6 heteroatoms. The number of halogens is 1. The lowest BCUT2D eigenvalue weighted by Gasteiger charge is -2.44. The van der Waals surface area contributed by atoms with E-state index >= 15 is 0 Å². The highest BCUT2D eigenvalue weighted by atomic mass is 19.1. The Balaban J connectivity index is 2.08. The highest BCUT2D eigenvalue weighted by Gasteiger charge is 2.57. The third-order valence-corrected chi connectivity index (χ3v) is 4.09. The Labute approximate surface area is 114 Å². The minimum atomic E-state index is -1.15. The molecular formula is C14H13FN2O3. The molecule has 1 aromatic rings. The summed E-state index contributed by atoms with van der Waals surface area (Å²) in [6.45, 7) is 1.68. The summed E-state index contributed by atoms with van der Waals surface area (Å²) in [5, 5.41) is 2.20. The number of imide groups is 2. The van der Waals surface area contributed by atoms with Crippen LogP contribution >= 0.6 is 0 Å². The molecule has 0 unspecified atom stereocenters. The van der Waals surface area contributed by atoms with Crippen LogP contribution in [0.5, 0.6) is 0 Å². The summed E-state index contributed by atoms with van der Waals surface area (Å²) in [5.74, 6) is -1.62. The number of hydrogen-bond donors (Lipinski definition) is 1. The number of hydrogen-bond acceptors (Lipinski definition) is 3. The molecular weight excluding hydrogens is 263 g/mol. The van der Waals surface area contributed by atoms with Crippen LogP contribution < -0.4 is 10.2 Å². The van der Waals surface area contributed by atoms with Crippen molar-refractivity contribution >= 4 is 23.5 Å². The van der Waals surface area contributed by atoms with Crippen molar-refractivity contribution in [2.24, 2.45) is 5.41 Å². The van der Waals surface area contributed by atoms with E-state index in [0.29, 0.717) is 18.4 Å². The van der Waals surface area contributed by atoms with Crippen LogP contribution in [-0.4, -0.2) is 17.8 Å².